The molecular formula is C13H28N2. The summed E-state index contributed by atoms with van der Waals surface area (Å²) in [7, 11) is 0. The number of hydrogen-bond acceptors (Lipinski definition) is 2. The molecule has 1 N–H and O–H groups in total. The molecule has 0 saturated heterocycles. The Balaban J connectivity index is 2.14. The van der Waals surface area contributed by atoms with Crippen LogP contribution in [0.15, 0.2) is 0 Å². The zero-order valence-corrected chi connectivity index (χ0v) is 10.8. The Kier molecular flexibility index (Phi) is 6.26. The maximum absolute atomic E-state index is 3.50. The minimum atomic E-state index is 0.766. The summed E-state index contributed by atoms with van der Waals surface area (Å²) in [4.78, 5) is 2.72. The number of nitrogens with one attached hydrogen (secondary N) is 1. The molecule has 1 rings (SSSR count). The van der Waals surface area contributed by atoms with E-state index in [9.17, 15) is 0 Å². The SMILES string of the molecule is CCCNCCC(C)N(CCC)C1CC1. The van der Waals surface area contributed by atoms with Gasteiger partial charge >= 0.3 is 0 Å². The second kappa shape index (κ2) is 7.24. The Bertz CT molecular complexity index is 155. The average Bonchev–Trinajstić information content (AvgIpc) is 3.04. The quantitative estimate of drug-likeness (QED) is 0.591. The van der Waals surface area contributed by atoms with Gasteiger partial charge in [0.05, 0.1) is 0 Å². The highest BCUT2D eigenvalue weighted by atomic mass is 15.2. The van der Waals surface area contributed by atoms with Crippen LogP contribution in [0.5, 0.6) is 0 Å². The van der Waals surface area contributed by atoms with Gasteiger partial charge in [-0.3, -0.25) is 4.90 Å². The molecule has 0 aliphatic heterocycles. The van der Waals surface area contributed by atoms with E-state index in [1.165, 1.54) is 51.7 Å². The van der Waals surface area contributed by atoms with Gasteiger partial charge in [0.1, 0.15) is 0 Å². The Hall–Kier alpha value is -0.0800. The first-order chi connectivity index (χ1) is 7.29. The second-order valence-corrected chi connectivity index (χ2v) is 4.86. The molecule has 15 heavy (non-hydrogen) atoms. The highest BCUT2D eigenvalue weighted by molar-refractivity contribution is 4.87. The zero-order valence-electron chi connectivity index (χ0n) is 10.8. The van der Waals surface area contributed by atoms with E-state index in [-0.39, 0.29) is 0 Å². The maximum Gasteiger partial charge on any atom is 0.00992 e. The van der Waals surface area contributed by atoms with Crippen molar-refractivity contribution in [2.75, 3.05) is 19.6 Å². The topological polar surface area (TPSA) is 15.3 Å². The summed E-state index contributed by atoms with van der Waals surface area (Å²) >= 11 is 0. The Labute approximate surface area is 95.4 Å². The smallest absolute Gasteiger partial charge is 0.00992 e. The van der Waals surface area contributed by atoms with Crippen molar-refractivity contribution in [1.29, 1.82) is 0 Å². The lowest BCUT2D eigenvalue weighted by Crippen LogP contribution is -2.37. The van der Waals surface area contributed by atoms with Gasteiger partial charge in [0.25, 0.3) is 0 Å². The van der Waals surface area contributed by atoms with E-state index in [1.54, 1.807) is 0 Å². The van der Waals surface area contributed by atoms with Crippen molar-refractivity contribution in [2.45, 2.75) is 65.0 Å². The van der Waals surface area contributed by atoms with Crippen molar-refractivity contribution in [1.82, 2.24) is 10.2 Å². The van der Waals surface area contributed by atoms with E-state index < -0.39 is 0 Å². The Morgan fingerprint density at radius 1 is 1.20 bits per heavy atom. The summed E-state index contributed by atoms with van der Waals surface area (Å²) in [6.07, 6.45) is 6.72. The second-order valence-electron chi connectivity index (χ2n) is 4.86. The molecule has 0 spiro atoms. The first kappa shape index (κ1) is 13.0. The third-order valence-corrected chi connectivity index (χ3v) is 3.23. The summed E-state index contributed by atoms with van der Waals surface area (Å²) in [5.74, 6) is 0. The number of nitrogens with zero attached hydrogens (tertiary/aromatic N) is 1. The predicted molar refractivity (Wildman–Crippen MR) is 67.3 cm³/mol. The van der Waals surface area contributed by atoms with Gasteiger partial charge in [-0.05, 0) is 58.7 Å². The molecule has 0 bridgehead atoms. The molecule has 2 nitrogen and oxygen atoms in total. The third kappa shape index (κ3) is 4.98. The van der Waals surface area contributed by atoms with Crippen LogP contribution in [0.2, 0.25) is 0 Å². The fourth-order valence-electron chi connectivity index (χ4n) is 2.21. The van der Waals surface area contributed by atoms with Crippen LogP contribution in [-0.2, 0) is 0 Å². The summed E-state index contributed by atoms with van der Waals surface area (Å²) in [6.45, 7) is 10.6. The lowest BCUT2D eigenvalue weighted by atomic mass is 10.2. The van der Waals surface area contributed by atoms with Gasteiger partial charge in [-0.2, -0.15) is 0 Å². The lowest BCUT2D eigenvalue weighted by molar-refractivity contribution is 0.189. The van der Waals surface area contributed by atoms with E-state index in [0.717, 1.165) is 12.1 Å². The molecule has 1 fully saturated rings. The molecule has 0 aromatic carbocycles. The van der Waals surface area contributed by atoms with Gasteiger partial charge in [0.15, 0.2) is 0 Å². The van der Waals surface area contributed by atoms with Crippen LogP contribution < -0.4 is 5.32 Å². The normalized spacial score (nSPS) is 18.4. The molecular weight excluding hydrogens is 184 g/mol. The zero-order chi connectivity index (χ0) is 11.1. The van der Waals surface area contributed by atoms with Gasteiger partial charge in [-0.25, -0.2) is 0 Å². The van der Waals surface area contributed by atoms with Gasteiger partial charge < -0.3 is 5.32 Å². The van der Waals surface area contributed by atoms with Crippen molar-refractivity contribution in [3.05, 3.63) is 0 Å². The molecule has 0 heterocycles. The number of rotatable bonds is 9. The summed E-state index contributed by atoms with van der Waals surface area (Å²) in [5, 5.41) is 3.50. The summed E-state index contributed by atoms with van der Waals surface area (Å²) < 4.78 is 0. The highest BCUT2D eigenvalue weighted by Crippen LogP contribution is 2.29. The van der Waals surface area contributed by atoms with Gasteiger partial charge in [-0.1, -0.05) is 13.8 Å². The molecule has 1 unspecified atom stereocenters. The van der Waals surface area contributed by atoms with Gasteiger partial charge in [0, 0.05) is 12.1 Å². The standard InChI is InChI=1S/C13H28N2/c1-4-9-14-10-8-12(3)15(11-5-2)13-6-7-13/h12-14H,4-11H2,1-3H3. The van der Waals surface area contributed by atoms with E-state index in [2.05, 4.69) is 31.0 Å². The van der Waals surface area contributed by atoms with Gasteiger partial charge in [-0.15, -0.1) is 0 Å². The van der Waals surface area contributed by atoms with Crippen LogP contribution in [0, 0.1) is 0 Å². The molecule has 0 radical (unpaired) electrons. The van der Waals surface area contributed by atoms with Crippen molar-refractivity contribution in [2.24, 2.45) is 0 Å². The van der Waals surface area contributed by atoms with Gasteiger partial charge in [0.2, 0.25) is 0 Å². The molecule has 1 aliphatic rings. The first-order valence-corrected chi connectivity index (χ1v) is 6.76. The van der Waals surface area contributed by atoms with E-state index in [4.69, 9.17) is 0 Å². The monoisotopic (exact) mass is 212 g/mol. The molecule has 0 aromatic rings. The van der Waals surface area contributed by atoms with Crippen LogP contribution in [0.3, 0.4) is 0 Å². The molecule has 1 atom stereocenters. The van der Waals surface area contributed by atoms with Crippen LogP contribution in [0.1, 0.15) is 52.9 Å². The van der Waals surface area contributed by atoms with Crippen LogP contribution in [0.25, 0.3) is 0 Å². The van der Waals surface area contributed by atoms with Crippen molar-refractivity contribution in [3.8, 4) is 0 Å². The maximum atomic E-state index is 3.50. The lowest BCUT2D eigenvalue weighted by Gasteiger charge is -2.28. The largest absolute Gasteiger partial charge is 0.317 e. The molecule has 2 heteroatoms. The summed E-state index contributed by atoms with van der Waals surface area (Å²) in [6, 6.07) is 1.69. The molecule has 0 aromatic heterocycles. The van der Waals surface area contributed by atoms with Crippen LogP contribution in [0.4, 0.5) is 0 Å². The van der Waals surface area contributed by atoms with Crippen molar-refractivity contribution < 1.29 is 0 Å². The minimum absolute atomic E-state index is 0.766. The Morgan fingerprint density at radius 2 is 1.93 bits per heavy atom. The summed E-state index contributed by atoms with van der Waals surface area (Å²) in [5.41, 5.74) is 0. The third-order valence-electron chi connectivity index (χ3n) is 3.23. The Morgan fingerprint density at radius 3 is 2.47 bits per heavy atom. The van der Waals surface area contributed by atoms with Crippen LogP contribution in [-0.4, -0.2) is 36.6 Å². The van der Waals surface area contributed by atoms with Crippen LogP contribution >= 0.6 is 0 Å². The molecule has 1 aliphatic carbocycles. The fraction of sp³-hybridized carbons (Fsp3) is 1.00. The molecule has 1 saturated carbocycles. The fourth-order valence-corrected chi connectivity index (χ4v) is 2.21. The van der Waals surface area contributed by atoms with E-state index in [1.807, 2.05) is 0 Å². The molecule has 90 valence electrons. The highest BCUT2D eigenvalue weighted by Gasteiger charge is 2.30. The minimum Gasteiger partial charge on any atom is -0.317 e. The van der Waals surface area contributed by atoms with E-state index in [0.29, 0.717) is 0 Å². The predicted octanol–water partition coefficient (Wildman–Crippen LogP) is 2.64. The number of hydrogen-bond donors (Lipinski definition) is 1. The van der Waals surface area contributed by atoms with Crippen molar-refractivity contribution >= 4 is 0 Å². The average molecular weight is 212 g/mol. The van der Waals surface area contributed by atoms with Crippen molar-refractivity contribution in [3.63, 3.8) is 0 Å². The molecule has 0 amide bonds. The first-order valence-electron chi connectivity index (χ1n) is 6.76. The van der Waals surface area contributed by atoms with E-state index >= 15 is 0 Å².